The van der Waals surface area contributed by atoms with Crippen LogP contribution in [0.4, 0.5) is 10.5 Å². The summed E-state index contributed by atoms with van der Waals surface area (Å²) in [5.41, 5.74) is 0.765. The summed E-state index contributed by atoms with van der Waals surface area (Å²) in [4.78, 5) is 48.4. The number of nitrogens with one attached hydrogen (secondary N) is 1. The number of esters is 1. The highest BCUT2D eigenvalue weighted by molar-refractivity contribution is 6.04. The van der Waals surface area contributed by atoms with Gasteiger partial charge < -0.3 is 15.0 Å². The second kappa shape index (κ2) is 7.23. The Morgan fingerprint density at radius 2 is 2.12 bits per heavy atom. The molecule has 1 fully saturated rings. The zero-order valence-electron chi connectivity index (χ0n) is 12.8. The van der Waals surface area contributed by atoms with E-state index in [-0.39, 0.29) is 6.54 Å². The Kier molecular flexibility index (Phi) is 5.11. The third-order valence-electron chi connectivity index (χ3n) is 3.16. The Labute approximate surface area is 137 Å². The molecule has 1 aromatic carbocycles. The molecule has 0 radical (unpaired) electrons. The number of carbonyl (C=O) groups is 4. The Bertz CT molecular complexity index is 740. The van der Waals surface area contributed by atoms with Crippen LogP contribution < -0.4 is 5.32 Å². The molecule has 9 heteroatoms. The average Bonchev–Trinajstić information content (AvgIpc) is 2.79. The third-order valence-corrected chi connectivity index (χ3v) is 3.16. The molecule has 0 bridgehead atoms. The van der Waals surface area contributed by atoms with Crippen molar-refractivity contribution in [2.24, 2.45) is 0 Å². The molecule has 124 valence electrons. The van der Waals surface area contributed by atoms with Gasteiger partial charge in [-0.25, -0.2) is 4.79 Å². The van der Waals surface area contributed by atoms with Gasteiger partial charge in [-0.05, 0) is 18.2 Å². The first-order chi connectivity index (χ1) is 11.4. The molecule has 0 spiro atoms. The van der Waals surface area contributed by atoms with Crippen molar-refractivity contribution in [3.8, 4) is 6.07 Å². The molecule has 0 saturated carbocycles. The number of nitrogens with zero attached hydrogens (tertiary/aromatic N) is 3. The van der Waals surface area contributed by atoms with Gasteiger partial charge in [-0.15, -0.1) is 0 Å². The molecule has 1 saturated heterocycles. The maximum absolute atomic E-state index is 11.7. The van der Waals surface area contributed by atoms with E-state index in [0.717, 1.165) is 4.90 Å². The first-order valence-corrected chi connectivity index (χ1v) is 6.92. The fourth-order valence-electron chi connectivity index (χ4n) is 2.01. The normalized spacial score (nSPS) is 13.7. The van der Waals surface area contributed by atoms with Crippen molar-refractivity contribution >= 4 is 29.5 Å². The number of imide groups is 1. The van der Waals surface area contributed by atoms with Crippen molar-refractivity contribution in [2.45, 2.75) is 0 Å². The maximum atomic E-state index is 11.7. The topological polar surface area (TPSA) is 120 Å². The van der Waals surface area contributed by atoms with Crippen LogP contribution in [0.3, 0.4) is 0 Å². The van der Waals surface area contributed by atoms with Crippen LogP contribution in [-0.4, -0.2) is 60.4 Å². The number of hydrogen-bond acceptors (Lipinski definition) is 6. The lowest BCUT2D eigenvalue weighted by Crippen LogP contribution is -2.37. The van der Waals surface area contributed by atoms with Crippen molar-refractivity contribution in [1.29, 1.82) is 5.26 Å². The number of carbonyl (C=O) groups excluding carboxylic acids is 4. The molecule has 1 heterocycles. The van der Waals surface area contributed by atoms with Crippen LogP contribution in [0.25, 0.3) is 0 Å². The summed E-state index contributed by atoms with van der Waals surface area (Å²) in [5, 5.41) is 11.2. The highest BCUT2D eigenvalue weighted by Gasteiger charge is 2.35. The molecule has 1 aromatic rings. The highest BCUT2D eigenvalue weighted by atomic mass is 16.5. The smallest absolute Gasteiger partial charge is 0.327 e. The summed E-state index contributed by atoms with van der Waals surface area (Å²) in [7, 11) is 1.44. The molecule has 0 aromatic heterocycles. The number of amides is 4. The van der Waals surface area contributed by atoms with Crippen LogP contribution in [-0.2, 0) is 19.1 Å². The molecule has 4 amide bonds. The van der Waals surface area contributed by atoms with Gasteiger partial charge in [0.1, 0.15) is 13.1 Å². The molecule has 9 nitrogen and oxygen atoms in total. The fraction of sp³-hybridized carbons (Fsp3) is 0.267. The van der Waals surface area contributed by atoms with Crippen molar-refractivity contribution in [3.05, 3.63) is 29.8 Å². The quantitative estimate of drug-likeness (QED) is 0.596. The third kappa shape index (κ3) is 4.07. The molecule has 0 atom stereocenters. The summed E-state index contributed by atoms with van der Waals surface area (Å²) in [6.45, 7) is -1.21. The Morgan fingerprint density at radius 3 is 2.75 bits per heavy atom. The van der Waals surface area contributed by atoms with Gasteiger partial charge in [0.15, 0.2) is 6.61 Å². The molecule has 1 aliphatic heterocycles. The van der Waals surface area contributed by atoms with Crippen LogP contribution in [0.2, 0.25) is 0 Å². The molecule has 1 N–H and O–H groups in total. The monoisotopic (exact) mass is 330 g/mol. The number of hydrogen-bond donors (Lipinski definition) is 1. The van der Waals surface area contributed by atoms with Gasteiger partial charge in [-0.2, -0.15) is 5.26 Å². The largest absolute Gasteiger partial charge is 0.454 e. The molecule has 0 unspecified atom stereocenters. The van der Waals surface area contributed by atoms with Crippen LogP contribution in [0, 0.1) is 11.3 Å². The van der Waals surface area contributed by atoms with Crippen molar-refractivity contribution in [1.82, 2.24) is 9.80 Å². The number of ether oxygens (including phenoxy) is 1. The summed E-state index contributed by atoms with van der Waals surface area (Å²) in [6, 6.07) is 7.57. The van der Waals surface area contributed by atoms with Crippen LogP contribution in [0.15, 0.2) is 24.3 Å². The van der Waals surface area contributed by atoms with Crippen LogP contribution in [0.1, 0.15) is 5.56 Å². The van der Waals surface area contributed by atoms with Crippen LogP contribution in [0.5, 0.6) is 0 Å². The average molecular weight is 330 g/mol. The predicted octanol–water partition coefficient (Wildman–Crippen LogP) is -0.0660. The van der Waals surface area contributed by atoms with Gasteiger partial charge in [0.2, 0.25) is 0 Å². The second-order valence-electron chi connectivity index (χ2n) is 5.02. The lowest BCUT2D eigenvalue weighted by atomic mass is 10.2. The molecular formula is C15H14N4O5. The molecular weight excluding hydrogens is 316 g/mol. The number of rotatable bonds is 5. The summed E-state index contributed by atoms with van der Waals surface area (Å²) < 4.78 is 4.75. The second-order valence-corrected chi connectivity index (χ2v) is 5.02. The van der Waals surface area contributed by atoms with Crippen molar-refractivity contribution < 1.29 is 23.9 Å². The molecule has 0 aliphatic carbocycles. The van der Waals surface area contributed by atoms with E-state index in [2.05, 4.69) is 5.32 Å². The van der Waals surface area contributed by atoms with Gasteiger partial charge >= 0.3 is 12.0 Å². The van der Waals surface area contributed by atoms with E-state index in [1.165, 1.54) is 18.0 Å². The SMILES string of the molecule is CN1CC(=O)N(CC(=O)OCC(=O)Nc2cccc(C#N)c2)C1=O. The Morgan fingerprint density at radius 1 is 1.38 bits per heavy atom. The lowest BCUT2D eigenvalue weighted by Gasteiger charge is -2.13. The first-order valence-electron chi connectivity index (χ1n) is 6.92. The summed E-state index contributed by atoms with van der Waals surface area (Å²) in [6.07, 6.45) is 0. The summed E-state index contributed by atoms with van der Waals surface area (Å²) >= 11 is 0. The van der Waals surface area contributed by atoms with Gasteiger partial charge in [0, 0.05) is 12.7 Å². The zero-order valence-corrected chi connectivity index (χ0v) is 12.8. The number of nitriles is 1. The van der Waals surface area contributed by atoms with Crippen LogP contribution >= 0.6 is 0 Å². The van der Waals surface area contributed by atoms with E-state index in [1.807, 2.05) is 6.07 Å². The first kappa shape index (κ1) is 17.0. The van der Waals surface area contributed by atoms with Gasteiger partial charge in [0.05, 0.1) is 11.6 Å². The lowest BCUT2D eigenvalue weighted by molar-refractivity contribution is -0.149. The summed E-state index contributed by atoms with van der Waals surface area (Å²) in [5.74, 6) is -1.97. The number of benzene rings is 1. The Hall–Kier alpha value is -3.41. The minimum absolute atomic E-state index is 0.0954. The number of urea groups is 1. The fourth-order valence-corrected chi connectivity index (χ4v) is 2.01. The predicted molar refractivity (Wildman–Crippen MR) is 80.5 cm³/mol. The minimum Gasteiger partial charge on any atom is -0.454 e. The van der Waals surface area contributed by atoms with Gasteiger partial charge in [-0.1, -0.05) is 6.07 Å². The van der Waals surface area contributed by atoms with E-state index in [9.17, 15) is 19.2 Å². The molecule has 2 rings (SSSR count). The standard InChI is InChI=1S/C15H14N4O5/c1-18-7-13(21)19(15(18)23)8-14(22)24-9-12(20)17-11-4-2-3-10(5-11)6-16/h2-5H,7-9H2,1H3,(H,17,20). The zero-order chi connectivity index (χ0) is 17.7. The minimum atomic E-state index is -0.868. The molecule has 24 heavy (non-hydrogen) atoms. The Balaban J connectivity index is 1.81. The maximum Gasteiger partial charge on any atom is 0.327 e. The van der Waals surface area contributed by atoms with E-state index in [1.54, 1.807) is 18.2 Å². The van der Waals surface area contributed by atoms with E-state index in [4.69, 9.17) is 10.00 Å². The van der Waals surface area contributed by atoms with Gasteiger partial charge in [-0.3, -0.25) is 19.3 Å². The van der Waals surface area contributed by atoms with E-state index < -0.39 is 37.0 Å². The molecule has 1 aliphatic rings. The number of likely N-dealkylation sites (N-methyl/N-ethyl adjacent to an activating group) is 1. The highest BCUT2D eigenvalue weighted by Crippen LogP contribution is 2.10. The van der Waals surface area contributed by atoms with Crippen molar-refractivity contribution in [2.75, 3.05) is 32.1 Å². The number of anilines is 1. The van der Waals surface area contributed by atoms with Crippen molar-refractivity contribution in [3.63, 3.8) is 0 Å². The van der Waals surface area contributed by atoms with E-state index in [0.29, 0.717) is 11.3 Å². The van der Waals surface area contributed by atoms with Gasteiger partial charge in [0.25, 0.3) is 11.8 Å². The van der Waals surface area contributed by atoms with E-state index >= 15 is 0 Å².